The van der Waals surface area contributed by atoms with Crippen molar-refractivity contribution in [1.29, 1.82) is 0 Å². The van der Waals surface area contributed by atoms with E-state index in [1.54, 1.807) is 12.3 Å². The van der Waals surface area contributed by atoms with E-state index in [4.69, 9.17) is 11.6 Å². The quantitative estimate of drug-likeness (QED) is 0.879. The summed E-state index contributed by atoms with van der Waals surface area (Å²) in [6.07, 6.45) is 4.85. The number of nitrogens with one attached hydrogen (secondary N) is 1. The Morgan fingerprint density at radius 2 is 2.29 bits per heavy atom. The van der Waals surface area contributed by atoms with Crippen LogP contribution < -0.4 is 5.32 Å². The molecule has 0 radical (unpaired) electrons. The minimum Gasteiger partial charge on any atom is -0.349 e. The van der Waals surface area contributed by atoms with E-state index >= 15 is 0 Å². The smallest absolute Gasteiger partial charge is 0.254 e. The predicted octanol–water partition coefficient (Wildman–Crippen LogP) is 2.96. The summed E-state index contributed by atoms with van der Waals surface area (Å²) in [6.45, 7) is 4.07. The number of amides is 1. The summed E-state index contributed by atoms with van der Waals surface area (Å²) in [7, 11) is 0. The van der Waals surface area contributed by atoms with Gasteiger partial charge >= 0.3 is 0 Å². The van der Waals surface area contributed by atoms with Gasteiger partial charge in [0.05, 0.1) is 10.6 Å². The summed E-state index contributed by atoms with van der Waals surface area (Å²) >= 11 is 6.04. The van der Waals surface area contributed by atoms with Crippen molar-refractivity contribution >= 4 is 17.5 Å². The molecule has 2 atom stereocenters. The number of nitrogens with zero attached hydrogens (tertiary/aromatic N) is 1. The van der Waals surface area contributed by atoms with E-state index in [9.17, 15) is 4.79 Å². The van der Waals surface area contributed by atoms with Crippen molar-refractivity contribution in [2.24, 2.45) is 5.92 Å². The monoisotopic (exact) mass is 252 g/mol. The van der Waals surface area contributed by atoms with Gasteiger partial charge in [-0.2, -0.15) is 0 Å². The highest BCUT2D eigenvalue weighted by Gasteiger charge is 2.23. The molecule has 1 saturated carbocycles. The molecule has 3 nitrogen and oxygen atoms in total. The summed E-state index contributed by atoms with van der Waals surface area (Å²) in [4.78, 5) is 16.1. The molecule has 0 spiro atoms. The summed E-state index contributed by atoms with van der Waals surface area (Å²) in [5, 5.41) is 3.50. The van der Waals surface area contributed by atoms with Crippen LogP contribution in [0.4, 0.5) is 0 Å². The van der Waals surface area contributed by atoms with E-state index in [1.807, 2.05) is 6.92 Å². The summed E-state index contributed by atoms with van der Waals surface area (Å²) in [5.41, 5.74) is 1.29. The van der Waals surface area contributed by atoms with Crippen molar-refractivity contribution in [3.63, 3.8) is 0 Å². The number of pyridine rings is 1. The Labute approximate surface area is 107 Å². The first-order chi connectivity index (χ1) is 8.06. The van der Waals surface area contributed by atoms with Gasteiger partial charge in [-0.25, -0.2) is 0 Å². The number of hydrogen-bond donors (Lipinski definition) is 1. The van der Waals surface area contributed by atoms with Crippen LogP contribution >= 0.6 is 11.6 Å². The van der Waals surface area contributed by atoms with E-state index in [1.165, 1.54) is 6.42 Å². The molecule has 1 fully saturated rings. The van der Waals surface area contributed by atoms with E-state index in [0.717, 1.165) is 18.5 Å². The lowest BCUT2D eigenvalue weighted by atomic mass is 10.1. The third-order valence-corrected chi connectivity index (χ3v) is 3.58. The second-order valence-electron chi connectivity index (χ2n) is 4.89. The molecule has 1 amide bonds. The highest BCUT2D eigenvalue weighted by atomic mass is 35.5. The Balaban J connectivity index is 2.04. The lowest BCUT2D eigenvalue weighted by molar-refractivity contribution is 0.0937. The van der Waals surface area contributed by atoms with Crippen LogP contribution in [0.5, 0.6) is 0 Å². The van der Waals surface area contributed by atoms with Gasteiger partial charge in [0.1, 0.15) is 0 Å². The molecule has 1 aliphatic carbocycles. The SMILES string of the molecule is Cc1cc(Cl)c(C(=O)NC2CCC(C)C2)cn1. The third-order valence-electron chi connectivity index (χ3n) is 3.26. The van der Waals surface area contributed by atoms with E-state index in [-0.39, 0.29) is 11.9 Å². The first-order valence-electron chi connectivity index (χ1n) is 5.99. The predicted molar refractivity (Wildman–Crippen MR) is 68.3 cm³/mol. The fourth-order valence-electron chi connectivity index (χ4n) is 2.29. The van der Waals surface area contributed by atoms with Crippen LogP contribution in [0.2, 0.25) is 5.02 Å². The van der Waals surface area contributed by atoms with Gasteiger partial charge in [-0.15, -0.1) is 0 Å². The van der Waals surface area contributed by atoms with Crippen molar-refractivity contribution in [2.75, 3.05) is 0 Å². The Bertz CT molecular complexity index is 433. The second-order valence-corrected chi connectivity index (χ2v) is 5.30. The highest BCUT2D eigenvalue weighted by molar-refractivity contribution is 6.33. The van der Waals surface area contributed by atoms with Crippen LogP contribution in [-0.2, 0) is 0 Å². The van der Waals surface area contributed by atoms with Crippen LogP contribution in [-0.4, -0.2) is 16.9 Å². The standard InChI is InChI=1S/C13H17ClN2O/c1-8-3-4-10(5-8)16-13(17)11-7-15-9(2)6-12(11)14/h6-8,10H,3-5H2,1-2H3,(H,16,17). The largest absolute Gasteiger partial charge is 0.349 e. The zero-order valence-corrected chi connectivity index (χ0v) is 10.9. The maximum atomic E-state index is 12.0. The van der Waals surface area contributed by atoms with Gasteiger partial charge < -0.3 is 5.32 Å². The topological polar surface area (TPSA) is 42.0 Å². The number of carbonyl (C=O) groups is 1. The van der Waals surface area contributed by atoms with Crippen molar-refractivity contribution < 1.29 is 4.79 Å². The molecule has 0 aromatic carbocycles. The molecule has 2 rings (SSSR count). The molecule has 92 valence electrons. The van der Waals surface area contributed by atoms with Gasteiger partial charge in [0.25, 0.3) is 5.91 Å². The third kappa shape index (κ3) is 2.97. The lowest BCUT2D eigenvalue weighted by Crippen LogP contribution is -2.33. The number of carbonyl (C=O) groups excluding carboxylic acids is 1. The molecule has 1 aromatic rings. The van der Waals surface area contributed by atoms with Gasteiger partial charge in [-0.3, -0.25) is 9.78 Å². The molecule has 4 heteroatoms. The van der Waals surface area contributed by atoms with Crippen molar-refractivity contribution in [2.45, 2.75) is 39.2 Å². The zero-order valence-electron chi connectivity index (χ0n) is 10.2. The molecule has 0 saturated heterocycles. The highest BCUT2D eigenvalue weighted by Crippen LogP contribution is 2.25. The molecule has 0 bridgehead atoms. The van der Waals surface area contributed by atoms with Gasteiger partial charge in [-0.1, -0.05) is 18.5 Å². The number of aromatic nitrogens is 1. The molecule has 1 N–H and O–H groups in total. The molecular formula is C13H17ClN2O. The van der Waals surface area contributed by atoms with Gasteiger partial charge in [0, 0.05) is 17.9 Å². The zero-order chi connectivity index (χ0) is 12.4. The fraction of sp³-hybridized carbons (Fsp3) is 0.538. The molecule has 1 aromatic heterocycles. The first-order valence-corrected chi connectivity index (χ1v) is 6.37. The number of aryl methyl sites for hydroxylation is 1. The Morgan fingerprint density at radius 3 is 2.88 bits per heavy atom. The maximum Gasteiger partial charge on any atom is 0.254 e. The van der Waals surface area contributed by atoms with Crippen molar-refractivity contribution in [1.82, 2.24) is 10.3 Å². The number of hydrogen-bond acceptors (Lipinski definition) is 2. The van der Waals surface area contributed by atoms with E-state index in [0.29, 0.717) is 16.5 Å². The van der Waals surface area contributed by atoms with Crippen LogP contribution in [0.25, 0.3) is 0 Å². The molecule has 17 heavy (non-hydrogen) atoms. The Morgan fingerprint density at radius 1 is 1.53 bits per heavy atom. The Kier molecular flexibility index (Phi) is 3.67. The summed E-state index contributed by atoms with van der Waals surface area (Å²) in [5.74, 6) is 0.591. The van der Waals surface area contributed by atoms with Crippen LogP contribution in [0, 0.1) is 12.8 Å². The second kappa shape index (κ2) is 5.05. The minimum absolute atomic E-state index is 0.110. The van der Waals surface area contributed by atoms with Crippen molar-refractivity contribution in [3.8, 4) is 0 Å². The van der Waals surface area contributed by atoms with Crippen LogP contribution in [0.3, 0.4) is 0 Å². The first kappa shape index (κ1) is 12.4. The van der Waals surface area contributed by atoms with Crippen molar-refractivity contribution in [3.05, 3.63) is 28.5 Å². The fourth-order valence-corrected chi connectivity index (χ4v) is 2.59. The normalized spacial score (nSPS) is 23.7. The van der Waals surface area contributed by atoms with Gasteiger partial charge in [-0.05, 0) is 38.2 Å². The average molecular weight is 253 g/mol. The summed E-state index contributed by atoms with van der Waals surface area (Å²) in [6, 6.07) is 2.00. The lowest BCUT2D eigenvalue weighted by Gasteiger charge is -2.13. The summed E-state index contributed by atoms with van der Waals surface area (Å²) < 4.78 is 0. The van der Waals surface area contributed by atoms with Crippen LogP contribution in [0.1, 0.15) is 42.2 Å². The van der Waals surface area contributed by atoms with Gasteiger partial charge in [0.15, 0.2) is 0 Å². The minimum atomic E-state index is -0.110. The van der Waals surface area contributed by atoms with E-state index < -0.39 is 0 Å². The molecule has 1 aliphatic rings. The molecule has 2 unspecified atom stereocenters. The Hall–Kier alpha value is -1.09. The maximum absolute atomic E-state index is 12.0. The van der Waals surface area contributed by atoms with Crippen LogP contribution in [0.15, 0.2) is 12.3 Å². The van der Waals surface area contributed by atoms with E-state index in [2.05, 4.69) is 17.2 Å². The number of halogens is 1. The average Bonchev–Trinajstić information content (AvgIpc) is 2.63. The van der Waals surface area contributed by atoms with Gasteiger partial charge in [0.2, 0.25) is 0 Å². The molecule has 0 aliphatic heterocycles. The molecular weight excluding hydrogens is 236 g/mol. The number of rotatable bonds is 2. The molecule has 1 heterocycles.